The number of ether oxygens (including phenoxy) is 2. The second-order valence-corrected chi connectivity index (χ2v) is 7.95. The summed E-state index contributed by atoms with van der Waals surface area (Å²) in [7, 11) is 5.38. The Hall–Kier alpha value is -3.32. The first-order chi connectivity index (χ1) is 15.3. The molecule has 1 aliphatic rings. The van der Waals surface area contributed by atoms with Crippen molar-refractivity contribution in [3.8, 4) is 11.5 Å². The number of Topliss-reactive ketones (excluding diaryl/α,β-unsaturated/α-hetero) is 1. The number of rotatable bonds is 8. The van der Waals surface area contributed by atoms with E-state index < -0.39 is 17.7 Å². The summed E-state index contributed by atoms with van der Waals surface area (Å²) in [5.74, 6) is -0.293. The average Bonchev–Trinajstić information content (AvgIpc) is 3.02. The topological polar surface area (TPSA) is 79.3 Å². The number of carbonyl (C=O) groups is 2. The van der Waals surface area contributed by atoms with E-state index >= 15 is 0 Å². The Morgan fingerprint density at radius 3 is 2.47 bits per heavy atom. The number of benzene rings is 2. The Labute approximate surface area is 188 Å². The lowest BCUT2D eigenvalue weighted by Gasteiger charge is -2.27. The van der Waals surface area contributed by atoms with Gasteiger partial charge >= 0.3 is 0 Å². The van der Waals surface area contributed by atoms with Crippen LogP contribution in [0.4, 0.5) is 0 Å². The summed E-state index contributed by atoms with van der Waals surface area (Å²) in [6.07, 6.45) is 0. The van der Waals surface area contributed by atoms with Gasteiger partial charge in [0.15, 0.2) is 0 Å². The molecule has 0 bridgehead atoms. The monoisotopic (exact) mass is 438 g/mol. The minimum atomic E-state index is -0.750. The van der Waals surface area contributed by atoms with Gasteiger partial charge in [0.1, 0.15) is 17.3 Å². The molecule has 0 unspecified atom stereocenters. The van der Waals surface area contributed by atoms with Crippen LogP contribution in [0.3, 0.4) is 0 Å². The molecular weight excluding hydrogens is 408 g/mol. The maximum atomic E-state index is 13.1. The molecule has 0 spiro atoms. The molecule has 2 aromatic rings. The van der Waals surface area contributed by atoms with Gasteiger partial charge < -0.3 is 24.4 Å². The Morgan fingerprint density at radius 2 is 1.84 bits per heavy atom. The van der Waals surface area contributed by atoms with Crippen LogP contribution in [0.15, 0.2) is 48.0 Å². The fraction of sp³-hybridized carbons (Fsp3) is 0.360. The summed E-state index contributed by atoms with van der Waals surface area (Å²) in [6, 6.07) is 11.7. The first-order valence-electron chi connectivity index (χ1n) is 10.6. The van der Waals surface area contributed by atoms with Gasteiger partial charge in [-0.3, -0.25) is 9.59 Å². The summed E-state index contributed by atoms with van der Waals surface area (Å²) in [4.78, 5) is 29.6. The number of methoxy groups -OCH3 is 1. The van der Waals surface area contributed by atoms with Crippen LogP contribution < -0.4 is 9.47 Å². The molecule has 1 amide bonds. The van der Waals surface area contributed by atoms with Gasteiger partial charge in [0.25, 0.3) is 11.7 Å². The van der Waals surface area contributed by atoms with Gasteiger partial charge in [0.05, 0.1) is 25.3 Å². The molecule has 1 fully saturated rings. The fourth-order valence-electron chi connectivity index (χ4n) is 3.92. The molecule has 1 heterocycles. The van der Waals surface area contributed by atoms with E-state index in [1.54, 1.807) is 25.3 Å². The van der Waals surface area contributed by atoms with E-state index in [1.165, 1.54) is 4.90 Å². The number of likely N-dealkylation sites (N-methyl/N-ethyl adjacent to an activating group) is 1. The van der Waals surface area contributed by atoms with E-state index in [0.717, 1.165) is 5.56 Å². The number of carbonyl (C=O) groups excluding carboxylic acids is 2. The van der Waals surface area contributed by atoms with Crippen LogP contribution >= 0.6 is 0 Å². The maximum absolute atomic E-state index is 13.1. The van der Waals surface area contributed by atoms with Crippen LogP contribution in [-0.2, 0) is 9.59 Å². The molecule has 7 heteroatoms. The molecule has 0 aromatic heterocycles. The zero-order chi connectivity index (χ0) is 23.4. The second-order valence-electron chi connectivity index (χ2n) is 7.95. The molecule has 7 nitrogen and oxygen atoms in total. The molecule has 1 atom stereocenters. The second kappa shape index (κ2) is 9.87. The number of ketones is 1. The summed E-state index contributed by atoms with van der Waals surface area (Å²) in [6.45, 7) is 5.07. The number of hydrogen-bond donors (Lipinski definition) is 1. The van der Waals surface area contributed by atoms with Gasteiger partial charge in [-0.05, 0) is 57.8 Å². The standard InChI is InChI=1S/C25H30N2O5/c1-6-32-20-10-8-7-9-18(20)22-21(24(29)25(30)27(22)14-13-26(3)4)23(28)17-11-12-19(31-5)16(2)15-17/h7-12,15,22,28H,6,13-14H2,1-5H3/t22-/m0/s1. The predicted molar refractivity (Wildman–Crippen MR) is 123 cm³/mol. The third kappa shape index (κ3) is 4.48. The third-order valence-electron chi connectivity index (χ3n) is 5.51. The van der Waals surface area contributed by atoms with Crippen molar-refractivity contribution in [1.82, 2.24) is 9.80 Å². The summed E-state index contributed by atoms with van der Waals surface area (Å²) in [5, 5.41) is 11.2. The highest BCUT2D eigenvalue weighted by Gasteiger charge is 2.46. The maximum Gasteiger partial charge on any atom is 0.295 e. The molecule has 0 aliphatic carbocycles. The highest BCUT2D eigenvalue weighted by Crippen LogP contribution is 2.42. The Bertz CT molecular complexity index is 1040. The molecule has 1 N–H and O–H groups in total. The van der Waals surface area contributed by atoms with Crippen molar-refractivity contribution < 1.29 is 24.2 Å². The first-order valence-corrected chi connectivity index (χ1v) is 10.6. The highest BCUT2D eigenvalue weighted by molar-refractivity contribution is 6.46. The number of hydrogen-bond acceptors (Lipinski definition) is 6. The quantitative estimate of drug-likeness (QED) is 0.387. The number of nitrogens with zero attached hydrogens (tertiary/aromatic N) is 2. The number of amides is 1. The molecule has 32 heavy (non-hydrogen) atoms. The van der Waals surface area contributed by atoms with E-state index in [4.69, 9.17) is 9.47 Å². The van der Waals surface area contributed by atoms with Crippen molar-refractivity contribution in [3.05, 3.63) is 64.7 Å². The predicted octanol–water partition coefficient (Wildman–Crippen LogP) is 3.39. The molecule has 0 saturated carbocycles. The smallest absolute Gasteiger partial charge is 0.295 e. The van der Waals surface area contributed by atoms with E-state index in [2.05, 4.69) is 0 Å². The lowest BCUT2D eigenvalue weighted by molar-refractivity contribution is -0.140. The van der Waals surface area contributed by atoms with Crippen LogP contribution in [0.5, 0.6) is 11.5 Å². The first kappa shape index (κ1) is 23.3. The number of para-hydroxylation sites is 1. The molecule has 170 valence electrons. The largest absolute Gasteiger partial charge is 0.507 e. The van der Waals surface area contributed by atoms with Gasteiger partial charge in [0.2, 0.25) is 0 Å². The minimum Gasteiger partial charge on any atom is -0.507 e. The van der Waals surface area contributed by atoms with Gasteiger partial charge in [-0.1, -0.05) is 18.2 Å². The molecule has 0 radical (unpaired) electrons. The highest BCUT2D eigenvalue weighted by atomic mass is 16.5. The molecule has 1 aliphatic heterocycles. The average molecular weight is 439 g/mol. The minimum absolute atomic E-state index is 0.0606. The van der Waals surface area contributed by atoms with Crippen LogP contribution in [0.2, 0.25) is 0 Å². The van der Waals surface area contributed by atoms with E-state index in [-0.39, 0.29) is 11.3 Å². The Balaban J connectivity index is 2.20. The van der Waals surface area contributed by atoms with Crippen LogP contribution in [0.1, 0.15) is 29.7 Å². The third-order valence-corrected chi connectivity index (χ3v) is 5.51. The lowest BCUT2D eigenvalue weighted by Crippen LogP contribution is -2.35. The van der Waals surface area contributed by atoms with Crippen molar-refractivity contribution in [2.45, 2.75) is 19.9 Å². The van der Waals surface area contributed by atoms with Crippen molar-refractivity contribution >= 4 is 17.4 Å². The number of likely N-dealkylation sites (tertiary alicyclic amines) is 1. The normalized spacial score (nSPS) is 17.8. The summed E-state index contributed by atoms with van der Waals surface area (Å²) >= 11 is 0. The van der Waals surface area contributed by atoms with Gasteiger partial charge in [-0.25, -0.2) is 0 Å². The zero-order valence-electron chi connectivity index (χ0n) is 19.2. The molecule has 1 saturated heterocycles. The van der Waals surface area contributed by atoms with E-state index in [0.29, 0.717) is 42.3 Å². The lowest BCUT2D eigenvalue weighted by atomic mass is 9.94. The van der Waals surface area contributed by atoms with Crippen LogP contribution in [0.25, 0.3) is 5.76 Å². The van der Waals surface area contributed by atoms with Crippen molar-refractivity contribution in [2.24, 2.45) is 0 Å². The SMILES string of the molecule is CCOc1ccccc1[C@H]1C(=C(O)c2ccc(OC)c(C)c2)C(=O)C(=O)N1CCN(C)C. The number of aryl methyl sites for hydroxylation is 1. The van der Waals surface area contributed by atoms with Crippen LogP contribution in [0, 0.1) is 6.92 Å². The summed E-state index contributed by atoms with van der Waals surface area (Å²) in [5.41, 5.74) is 1.99. The molecule has 3 rings (SSSR count). The van der Waals surface area contributed by atoms with Gasteiger partial charge in [-0.15, -0.1) is 0 Å². The van der Waals surface area contributed by atoms with E-state index in [1.807, 2.05) is 57.1 Å². The van der Waals surface area contributed by atoms with Crippen molar-refractivity contribution in [1.29, 1.82) is 0 Å². The fourth-order valence-corrected chi connectivity index (χ4v) is 3.92. The van der Waals surface area contributed by atoms with Crippen LogP contribution in [-0.4, -0.2) is 67.5 Å². The van der Waals surface area contributed by atoms with E-state index in [9.17, 15) is 14.7 Å². The van der Waals surface area contributed by atoms with Gasteiger partial charge in [0, 0.05) is 24.2 Å². The molecular formula is C25H30N2O5. The number of aliphatic hydroxyl groups excluding tert-OH is 1. The number of aliphatic hydroxyl groups is 1. The zero-order valence-corrected chi connectivity index (χ0v) is 19.2. The Morgan fingerprint density at radius 1 is 1.12 bits per heavy atom. The van der Waals surface area contributed by atoms with Crippen molar-refractivity contribution in [3.63, 3.8) is 0 Å². The van der Waals surface area contributed by atoms with Gasteiger partial charge in [-0.2, -0.15) is 0 Å². The summed E-state index contributed by atoms with van der Waals surface area (Å²) < 4.78 is 11.1. The molecule has 2 aromatic carbocycles. The van der Waals surface area contributed by atoms with Crippen molar-refractivity contribution in [2.75, 3.05) is 40.9 Å². The Kier molecular flexibility index (Phi) is 7.20.